The summed E-state index contributed by atoms with van der Waals surface area (Å²) in [6.07, 6.45) is -16.2. The van der Waals surface area contributed by atoms with E-state index in [0.717, 1.165) is 36.3 Å². The minimum Gasteiger partial charge on any atom is -0.459 e. The summed E-state index contributed by atoms with van der Waals surface area (Å²) >= 11 is 0. The maximum absolute atomic E-state index is 14.5. The highest BCUT2D eigenvalue weighted by Gasteiger charge is 2.61. The molecular formula is C102H172N10O31. The number of nitrogens with zero attached hydrogens (tertiary/aromatic N) is 8. The molecule has 2 aliphatic carbocycles. The first kappa shape index (κ1) is 120. The second kappa shape index (κ2) is 50.5. The first-order valence-electron chi connectivity index (χ1n) is 51.3. The number of amides is 1. The molecule has 0 spiro atoms. The van der Waals surface area contributed by atoms with Gasteiger partial charge < -0.3 is 139 Å². The third-order valence-corrected chi connectivity index (χ3v) is 32.8. The zero-order valence-electron chi connectivity index (χ0n) is 89.0. The number of aliphatic hydroxyl groups excluding tert-OH is 6. The molecule has 2 aromatic carbocycles. The Labute approximate surface area is 843 Å². The average Bonchev–Trinajstić information content (AvgIpc) is 1.57. The number of rotatable bonds is 24. The number of esters is 2. The first-order valence-corrected chi connectivity index (χ1v) is 51.3. The monoisotopic (exact) mass is 2030 g/mol. The van der Waals surface area contributed by atoms with Gasteiger partial charge in [-0.25, -0.2) is 0 Å². The van der Waals surface area contributed by atoms with Gasteiger partial charge in [-0.2, -0.15) is 9.59 Å². The fourth-order valence-corrected chi connectivity index (χ4v) is 23.6. The smallest absolute Gasteiger partial charge is 0.373 e. The van der Waals surface area contributed by atoms with E-state index in [0.29, 0.717) is 65.2 Å². The molecule has 41 nitrogen and oxygen atoms in total. The highest BCUT2D eigenvalue weighted by Crippen LogP contribution is 2.54. The van der Waals surface area contributed by atoms with Crippen molar-refractivity contribution in [2.75, 3.05) is 118 Å². The molecule has 41 heteroatoms. The van der Waals surface area contributed by atoms with Crippen LogP contribution in [0.4, 0.5) is 22.7 Å². The van der Waals surface area contributed by atoms with Crippen LogP contribution in [0, 0.1) is 85.3 Å². The van der Waals surface area contributed by atoms with Gasteiger partial charge in [-0.1, -0.05) is 41.5 Å². The van der Waals surface area contributed by atoms with Crippen molar-refractivity contribution in [2.24, 2.45) is 70.8 Å². The Morgan fingerprint density at radius 1 is 0.524 bits per heavy atom. The van der Waals surface area contributed by atoms with Crippen LogP contribution in [-0.2, 0) is 80.8 Å². The van der Waals surface area contributed by atoms with E-state index < -0.39 is 209 Å². The fourth-order valence-electron chi connectivity index (χ4n) is 23.6. The number of likely N-dealkylation sites (N-methyl/N-ethyl adjacent to an activating group) is 4. The maximum Gasteiger partial charge on any atom is 0.373 e. The lowest BCUT2D eigenvalue weighted by atomic mass is 9.77. The van der Waals surface area contributed by atoms with Gasteiger partial charge in [-0.3, -0.25) is 44.4 Å². The molecule has 8 aliphatic heterocycles. The van der Waals surface area contributed by atoms with Gasteiger partial charge >= 0.3 is 18.1 Å². The third-order valence-electron chi connectivity index (χ3n) is 32.8. The molecule has 143 heavy (non-hydrogen) atoms. The molecular weight excluding hydrogens is 1860 g/mol. The normalized spacial score (nSPS) is 43.0. The van der Waals surface area contributed by atoms with Gasteiger partial charge in [0.05, 0.1) is 92.9 Å². The largest absolute Gasteiger partial charge is 0.459 e. The first-order chi connectivity index (χ1) is 66.7. The summed E-state index contributed by atoms with van der Waals surface area (Å²) < 4.78 is 75.8. The summed E-state index contributed by atoms with van der Waals surface area (Å²) in [4.78, 5) is 91.4. The molecule has 2 aromatic rings. The van der Waals surface area contributed by atoms with Crippen molar-refractivity contribution in [3.63, 3.8) is 0 Å². The number of carbonyl (C=O) groups excluding carboxylic acids is 5. The van der Waals surface area contributed by atoms with Crippen molar-refractivity contribution in [3.8, 4) is 0 Å². The van der Waals surface area contributed by atoms with Gasteiger partial charge in [0.2, 0.25) is 5.91 Å². The van der Waals surface area contributed by atoms with E-state index >= 15 is 0 Å². The molecule has 2 saturated carbocycles. The van der Waals surface area contributed by atoms with Crippen LogP contribution in [0.5, 0.6) is 0 Å². The number of cyclic esters (lactones) is 2. The number of hydrogen-bond donors (Lipinski definition) is 12. The Morgan fingerprint density at radius 2 is 0.874 bits per heavy atom. The van der Waals surface area contributed by atoms with E-state index in [9.17, 15) is 85.7 Å². The number of benzene rings is 2. The maximum atomic E-state index is 14.5. The second-order valence-corrected chi connectivity index (χ2v) is 44.5. The number of ether oxygens (including phenoxy) is 12. The zero-order chi connectivity index (χ0) is 107. The van der Waals surface area contributed by atoms with E-state index in [1.165, 1.54) is 46.6 Å². The van der Waals surface area contributed by atoms with Crippen molar-refractivity contribution < 1.29 is 142 Å². The van der Waals surface area contributed by atoms with E-state index in [2.05, 4.69) is 15.1 Å². The van der Waals surface area contributed by atoms with Crippen LogP contribution in [0.1, 0.15) is 196 Å². The van der Waals surface area contributed by atoms with E-state index in [1.807, 2.05) is 94.5 Å². The fraction of sp³-hybridized carbons (Fsp3) is 0.843. The molecule has 1 amide bonds. The molecule has 0 bridgehead atoms. The molecule has 13 N–H and O–H groups in total. The number of methoxy groups -OCH3 is 2. The highest BCUT2D eigenvalue weighted by molar-refractivity contribution is 5.83. The van der Waals surface area contributed by atoms with E-state index in [-0.39, 0.29) is 109 Å². The number of aliphatic hydroxyl groups is 10. The minimum atomic E-state index is -1.85. The summed E-state index contributed by atoms with van der Waals surface area (Å²) in [5.41, 5.74) is -0.912. The number of nitrogens with two attached hydrogens (primary N) is 1. The summed E-state index contributed by atoms with van der Waals surface area (Å²) in [6.45, 7) is 41.1. The predicted octanol–water partition coefficient (Wildman–Crippen LogP) is 5.37. The van der Waals surface area contributed by atoms with Gasteiger partial charge in [-0.05, 0) is 230 Å². The van der Waals surface area contributed by atoms with Gasteiger partial charge in [-0.15, -0.1) is 0 Å². The topological polar surface area (TPSA) is 542 Å². The van der Waals surface area contributed by atoms with Crippen LogP contribution in [0.15, 0.2) is 48.5 Å². The van der Waals surface area contributed by atoms with Gasteiger partial charge in [0.1, 0.15) is 60.0 Å². The second-order valence-electron chi connectivity index (χ2n) is 44.5. The molecule has 3 unspecified atom stereocenters. The molecule has 0 aromatic heterocycles. The lowest BCUT2D eigenvalue weighted by Gasteiger charge is -2.49. The van der Waals surface area contributed by atoms with Crippen LogP contribution in [0.3, 0.4) is 0 Å². The Bertz CT molecular complexity index is 4390. The van der Waals surface area contributed by atoms with E-state index in [1.54, 1.807) is 114 Å². The van der Waals surface area contributed by atoms with Crippen LogP contribution in [0.25, 0.3) is 0 Å². The average molecular weight is 2030 g/mol. The third kappa shape index (κ3) is 29.1. The number of non-ortho nitro benzene ring substituents is 2. The Hall–Kier alpha value is -6.37. The van der Waals surface area contributed by atoms with Gasteiger partial charge in [0.25, 0.3) is 11.4 Å². The summed E-state index contributed by atoms with van der Waals surface area (Å²) in [5, 5.41) is 143. The standard InChI is InChI=1S/C51H85N5O15.C39H75N3O12.C11H12N2O2.CO2/c1-14-38-51(10,63)43(58)31(6)54(12)24-27(2)22-49(8,62)45(29(4)42(30(5)47(61)69-38)70-39-23-50(9,66-13)44(59)32(7)68-39)71-48-41(57)37(21-28(3)67-48)53(11)20-19-52-46(60)40-35-25-55(26-36(35)40)33-15-17-34(18-16-33)56(64)65;1-14-28-39(10,48)32(44)25(6)42(12)20-21(2)18-37(8,47)34(54-36-30(43)27(17-22(3)50-36)41(11)16-15-40)23(4)31(24(5)35(46)52-28)53-29-19-38(9,49-13)33(45)26(7)51-29;14-13(15)11-3-1-10(2-4-11)12-6-8-5-9(8)7-12;2-1-3/h15-18,27-32,35-45,48,57-59,62-63H,14,19-26H2,1-13H3,(H,52,60);21-34,36,43-45,47-48H,14-20,40H2,1-13H3;1-4,8-9H,5-7H2;/t27-,28-,29+,30-,31-,32+,35-,36+,37+,38-,39+,40?,41-,42+,43-,44+,45-,48+,49-,50-,51-;21-,22-,23+,24-,25-,26+,27+,28-,29+,30-,31+,32-,33+,34-,36+,37-,38-,39-;;/m11../s1. The van der Waals surface area contributed by atoms with Gasteiger partial charge in [0, 0.05) is 170 Å². The molecule has 0 radical (unpaired) electrons. The lowest BCUT2D eigenvalue weighted by Crippen LogP contribution is -2.61. The van der Waals surface area contributed by atoms with Crippen molar-refractivity contribution >= 4 is 46.7 Å². The lowest BCUT2D eigenvalue weighted by molar-refractivity contribution is -0.385. The Kier molecular flexibility index (Phi) is 42.4. The molecule has 8 heterocycles. The number of anilines is 2. The summed E-state index contributed by atoms with van der Waals surface area (Å²) in [7, 11) is 10.4. The minimum absolute atomic E-state index is 0.0211. The number of nitro benzene ring substituents is 2. The van der Waals surface area contributed by atoms with Crippen LogP contribution < -0.4 is 20.9 Å². The van der Waals surface area contributed by atoms with Crippen molar-refractivity contribution in [1.29, 1.82) is 0 Å². The van der Waals surface area contributed by atoms with Crippen LogP contribution in [0.2, 0.25) is 0 Å². The van der Waals surface area contributed by atoms with Crippen LogP contribution in [-0.4, -0.2) is 393 Å². The van der Waals surface area contributed by atoms with Crippen molar-refractivity contribution in [2.45, 2.75) is 377 Å². The zero-order valence-corrected chi connectivity index (χ0v) is 89.0. The number of hydrogen-bond acceptors (Lipinski definition) is 38. The Morgan fingerprint density at radius 3 is 1.21 bits per heavy atom. The number of piperidine rings is 2. The summed E-state index contributed by atoms with van der Waals surface area (Å²) in [5.74, 6) is -3.45. The molecule has 12 rings (SSSR count). The Balaban J connectivity index is 0.000000277. The van der Waals surface area contributed by atoms with Crippen molar-refractivity contribution in [1.82, 2.24) is 24.9 Å². The molecule has 816 valence electrons. The molecule has 41 atom stereocenters. The molecule has 10 aliphatic rings. The van der Waals surface area contributed by atoms with Crippen molar-refractivity contribution in [3.05, 3.63) is 68.8 Å². The highest BCUT2D eigenvalue weighted by atomic mass is 16.7. The summed E-state index contributed by atoms with van der Waals surface area (Å²) in [6, 6.07) is 11.4. The van der Waals surface area contributed by atoms with E-state index in [4.69, 9.17) is 72.2 Å². The SMILES string of the molecule is CC[C@H]1OC(=O)[C@H](C)[C@@H](O[C@H]2C[C@@](C)(OC)[C@@H](O)[C@H](C)O2)[C@H](C)[C@@H](O[C@@H]2O[C@H](C)C[C@H](N(C)CCN)[C@H]2O)[C@](C)(O)C[C@@H](C)CN(C)[C@H](C)[C@@H](O)[C@]1(C)O.CC[C@H]1OC(=O)[C@H](C)[C@@H](O[C@H]2C[C@@](C)(OC)[C@@H](O)[C@H](C)O2)[C@H](C)[C@@H](O[C@@H]2O[C@H](C)C[C@H](N(C)CCNC(=O)C3[C@H]4CN(c5ccc([N+](=O)[O-])cc5)C[C@@H]34)[C@H]2O)[C@](C)(O)C[C@@H](C)CN(C)[C@H](C)[C@@H](O)[C@]1(C)O.O=C=O.O=[N+]([O-])c1ccc(N2CC3CC3C2)cc1. The predicted molar refractivity (Wildman–Crippen MR) is 526 cm³/mol. The quantitative estimate of drug-likeness (QED) is 0.0357. The van der Waals surface area contributed by atoms with Gasteiger partial charge in [0.15, 0.2) is 25.2 Å². The number of nitro groups is 2. The number of nitrogens with one attached hydrogen (secondary N) is 1. The number of fused-ring (bicyclic) bond motifs is 2. The van der Waals surface area contributed by atoms with Crippen LogP contribution >= 0.6 is 0 Å². The molecule has 8 saturated heterocycles. The number of carbonyl (C=O) groups is 3. The molecule has 10 fully saturated rings.